The smallest absolute Gasteiger partial charge is 0.219 e. The summed E-state index contributed by atoms with van der Waals surface area (Å²) in [5, 5.41) is 4.76. The van der Waals surface area contributed by atoms with Gasteiger partial charge in [0.2, 0.25) is 5.91 Å². The second-order valence-corrected chi connectivity index (χ2v) is 8.68. The van der Waals surface area contributed by atoms with Crippen molar-refractivity contribution in [2.75, 3.05) is 40.4 Å². The minimum atomic E-state index is 0.0860. The molecule has 1 fully saturated rings. The van der Waals surface area contributed by atoms with Gasteiger partial charge in [-0.25, -0.2) is 0 Å². The topological polar surface area (TPSA) is 50.6 Å². The Bertz CT molecular complexity index is 689. The van der Waals surface area contributed by atoms with Crippen LogP contribution in [0.3, 0.4) is 0 Å². The number of hydrogen-bond acceptors (Lipinski definition) is 4. The van der Waals surface area contributed by atoms with Gasteiger partial charge in [-0.2, -0.15) is 5.10 Å². The molecule has 1 aliphatic heterocycles. The molecular weight excluding hydrogens is 352 g/mol. The zero-order valence-electron chi connectivity index (χ0n) is 18.0. The second kappa shape index (κ2) is 9.70. The van der Waals surface area contributed by atoms with E-state index in [1.807, 2.05) is 18.8 Å². The highest BCUT2D eigenvalue weighted by molar-refractivity contribution is 5.72. The Labute approximate surface area is 169 Å². The molecule has 0 atom stereocenters. The Morgan fingerprint density at radius 2 is 2.00 bits per heavy atom. The molecule has 156 valence electrons. The Morgan fingerprint density at radius 3 is 2.64 bits per heavy atom. The van der Waals surface area contributed by atoms with Crippen LogP contribution in [0.5, 0.6) is 0 Å². The number of hydrogen-bond donors (Lipinski definition) is 0. The van der Waals surface area contributed by atoms with E-state index in [1.54, 1.807) is 11.8 Å². The molecule has 28 heavy (non-hydrogen) atoms. The lowest BCUT2D eigenvalue weighted by molar-refractivity contribution is -0.128. The Kier molecular flexibility index (Phi) is 7.30. The summed E-state index contributed by atoms with van der Waals surface area (Å²) in [5.41, 5.74) is 3.74. The summed E-state index contributed by atoms with van der Waals surface area (Å²) >= 11 is 0. The van der Waals surface area contributed by atoms with E-state index < -0.39 is 0 Å². The first-order valence-electron chi connectivity index (χ1n) is 10.6. The van der Waals surface area contributed by atoms with Crippen molar-refractivity contribution in [3.8, 4) is 0 Å². The average Bonchev–Trinajstić information content (AvgIpc) is 3.03. The van der Waals surface area contributed by atoms with Crippen LogP contribution in [-0.4, -0.2) is 65.9 Å². The van der Waals surface area contributed by atoms with Crippen LogP contribution in [0.25, 0.3) is 0 Å². The number of amides is 1. The standard InChI is InChI=1S/C22H36N4O2/c1-17(27)25(3)15-21-12-22(23-26(21)4)20-9-7-18(8-10-20)13-24(2)14-19-6-5-11-28-16-19/h6,12,18,20H,5,7-11,13-16H2,1-4H3. The number of carbonyl (C=O) groups excluding carboxylic acids is 1. The molecule has 1 aromatic rings. The molecule has 2 heterocycles. The van der Waals surface area contributed by atoms with Crippen LogP contribution < -0.4 is 0 Å². The summed E-state index contributed by atoms with van der Waals surface area (Å²) in [6.45, 7) is 6.11. The summed E-state index contributed by atoms with van der Waals surface area (Å²) in [7, 11) is 6.06. The molecule has 0 radical (unpaired) electrons. The summed E-state index contributed by atoms with van der Waals surface area (Å²) < 4.78 is 7.50. The van der Waals surface area contributed by atoms with Gasteiger partial charge in [0, 0.05) is 40.0 Å². The largest absolute Gasteiger partial charge is 0.377 e. The minimum absolute atomic E-state index is 0.0860. The summed E-state index contributed by atoms with van der Waals surface area (Å²) in [5.74, 6) is 1.42. The number of likely N-dealkylation sites (N-methyl/N-ethyl adjacent to an activating group) is 1. The predicted octanol–water partition coefficient (Wildman–Crippen LogP) is 2.95. The van der Waals surface area contributed by atoms with Crippen molar-refractivity contribution in [2.24, 2.45) is 13.0 Å². The van der Waals surface area contributed by atoms with Crippen LogP contribution >= 0.6 is 0 Å². The van der Waals surface area contributed by atoms with Gasteiger partial charge in [-0.05, 0) is 56.7 Å². The van der Waals surface area contributed by atoms with Gasteiger partial charge in [0.15, 0.2) is 0 Å². The van der Waals surface area contributed by atoms with Gasteiger partial charge in [-0.3, -0.25) is 9.48 Å². The number of carbonyl (C=O) groups is 1. The van der Waals surface area contributed by atoms with Crippen LogP contribution in [0.2, 0.25) is 0 Å². The van der Waals surface area contributed by atoms with E-state index in [0.29, 0.717) is 12.5 Å². The molecule has 0 saturated heterocycles. The third-order valence-corrected chi connectivity index (χ3v) is 6.22. The summed E-state index contributed by atoms with van der Waals surface area (Å²) in [4.78, 5) is 15.7. The van der Waals surface area contributed by atoms with Gasteiger partial charge >= 0.3 is 0 Å². The molecule has 3 rings (SSSR count). The normalized spacial score (nSPS) is 23.0. The highest BCUT2D eigenvalue weighted by Gasteiger charge is 2.26. The first-order valence-corrected chi connectivity index (χ1v) is 10.6. The molecule has 6 nitrogen and oxygen atoms in total. The van der Waals surface area contributed by atoms with E-state index in [-0.39, 0.29) is 5.91 Å². The van der Waals surface area contributed by atoms with Crippen molar-refractivity contribution in [1.82, 2.24) is 19.6 Å². The number of nitrogens with zero attached hydrogens (tertiary/aromatic N) is 4. The Balaban J connectivity index is 1.47. The first kappa shape index (κ1) is 21.1. The fourth-order valence-electron chi connectivity index (χ4n) is 4.44. The monoisotopic (exact) mass is 388 g/mol. The van der Waals surface area contributed by atoms with Crippen molar-refractivity contribution >= 4 is 5.91 Å². The zero-order valence-corrected chi connectivity index (χ0v) is 18.0. The minimum Gasteiger partial charge on any atom is -0.377 e. The fourth-order valence-corrected chi connectivity index (χ4v) is 4.44. The lowest BCUT2D eigenvalue weighted by Gasteiger charge is -2.31. The molecule has 6 heteroatoms. The second-order valence-electron chi connectivity index (χ2n) is 8.68. The van der Waals surface area contributed by atoms with Crippen LogP contribution in [0, 0.1) is 5.92 Å². The van der Waals surface area contributed by atoms with E-state index in [2.05, 4.69) is 24.1 Å². The Hall–Kier alpha value is -1.66. The maximum absolute atomic E-state index is 11.5. The van der Waals surface area contributed by atoms with E-state index in [1.165, 1.54) is 43.5 Å². The van der Waals surface area contributed by atoms with E-state index >= 15 is 0 Å². The highest BCUT2D eigenvalue weighted by Crippen LogP contribution is 2.35. The molecule has 0 aromatic carbocycles. The third-order valence-electron chi connectivity index (χ3n) is 6.22. The SMILES string of the molecule is CC(=O)N(C)Cc1cc(C2CCC(CN(C)CC3=CCCOC3)CC2)nn1C. The van der Waals surface area contributed by atoms with Crippen molar-refractivity contribution < 1.29 is 9.53 Å². The number of aryl methyl sites for hydroxylation is 1. The molecule has 0 unspecified atom stereocenters. The van der Waals surface area contributed by atoms with Crippen molar-refractivity contribution in [2.45, 2.75) is 51.5 Å². The predicted molar refractivity (Wildman–Crippen MR) is 111 cm³/mol. The quantitative estimate of drug-likeness (QED) is 0.674. The average molecular weight is 389 g/mol. The lowest BCUT2D eigenvalue weighted by atomic mass is 9.80. The molecule has 0 spiro atoms. The van der Waals surface area contributed by atoms with Gasteiger partial charge in [0.05, 0.1) is 31.1 Å². The maximum Gasteiger partial charge on any atom is 0.219 e. The molecule has 1 saturated carbocycles. The van der Waals surface area contributed by atoms with Crippen LogP contribution in [0.4, 0.5) is 0 Å². The van der Waals surface area contributed by atoms with Gasteiger partial charge in [-0.15, -0.1) is 0 Å². The Morgan fingerprint density at radius 1 is 1.25 bits per heavy atom. The number of aromatic nitrogens is 2. The molecule has 1 aromatic heterocycles. The number of ether oxygens (including phenoxy) is 1. The van der Waals surface area contributed by atoms with E-state index in [9.17, 15) is 4.79 Å². The zero-order chi connectivity index (χ0) is 20.1. The van der Waals surface area contributed by atoms with Crippen molar-refractivity contribution in [1.29, 1.82) is 0 Å². The molecule has 2 aliphatic rings. The van der Waals surface area contributed by atoms with Gasteiger partial charge in [0.25, 0.3) is 0 Å². The molecule has 1 amide bonds. The fraction of sp³-hybridized carbons (Fsp3) is 0.727. The number of rotatable bonds is 7. The van der Waals surface area contributed by atoms with Crippen LogP contribution in [0.15, 0.2) is 17.7 Å². The molecule has 0 N–H and O–H groups in total. The van der Waals surface area contributed by atoms with Gasteiger partial charge < -0.3 is 14.5 Å². The van der Waals surface area contributed by atoms with Gasteiger partial charge in [-0.1, -0.05) is 6.08 Å². The summed E-state index contributed by atoms with van der Waals surface area (Å²) in [6.07, 6.45) is 8.36. The van der Waals surface area contributed by atoms with Crippen LogP contribution in [-0.2, 0) is 23.1 Å². The molecule has 0 bridgehead atoms. The first-order chi connectivity index (χ1) is 13.4. The van der Waals surface area contributed by atoms with Gasteiger partial charge in [0.1, 0.15) is 0 Å². The van der Waals surface area contributed by atoms with Crippen molar-refractivity contribution in [3.05, 3.63) is 29.1 Å². The molecular formula is C22H36N4O2. The van der Waals surface area contributed by atoms with Crippen molar-refractivity contribution in [3.63, 3.8) is 0 Å². The lowest BCUT2D eigenvalue weighted by Crippen LogP contribution is -2.31. The highest BCUT2D eigenvalue weighted by atomic mass is 16.5. The van der Waals surface area contributed by atoms with Crippen LogP contribution in [0.1, 0.15) is 56.3 Å². The van der Waals surface area contributed by atoms with E-state index in [4.69, 9.17) is 9.84 Å². The molecule has 1 aliphatic carbocycles. The summed E-state index contributed by atoms with van der Waals surface area (Å²) in [6, 6.07) is 2.20. The third kappa shape index (κ3) is 5.67. The maximum atomic E-state index is 11.5. The van der Waals surface area contributed by atoms with E-state index in [0.717, 1.165) is 37.8 Å².